The third-order valence-corrected chi connectivity index (χ3v) is 7.03. The van der Waals surface area contributed by atoms with Gasteiger partial charge < -0.3 is 14.9 Å². The Morgan fingerprint density at radius 2 is 1.69 bits per heavy atom. The molecule has 88 valence electrons. The molecule has 7 heteroatoms. The Balaban J connectivity index is 3.45. The Morgan fingerprint density at radius 1 is 1.12 bits per heavy atom. The maximum atomic E-state index is 11.6. The highest BCUT2D eigenvalue weighted by Gasteiger charge is 2.25. The first-order valence-corrected chi connectivity index (χ1v) is 7.40. The zero-order valence-corrected chi connectivity index (χ0v) is 14.5. The van der Waals surface area contributed by atoms with Gasteiger partial charge in [0, 0.05) is 7.14 Å². The molecule has 0 bridgehead atoms. The van der Waals surface area contributed by atoms with Crippen molar-refractivity contribution in [1.82, 2.24) is 0 Å². The monoisotopic (exact) mass is 560 g/mol. The molecule has 0 aliphatic heterocycles. The molecular weight excluding hydrogens is 553 g/mol. The van der Waals surface area contributed by atoms with Crippen molar-refractivity contribution in [3.05, 3.63) is 16.3 Å². The summed E-state index contributed by atoms with van der Waals surface area (Å²) in [6.45, 7) is 1.90. The fourth-order valence-electron chi connectivity index (χ4n) is 1.03. The van der Waals surface area contributed by atoms with E-state index in [1.165, 1.54) is 0 Å². The zero-order valence-electron chi connectivity index (χ0n) is 8.05. The number of phenols is 2. The van der Waals surface area contributed by atoms with Crippen LogP contribution in [-0.2, 0) is 4.74 Å². The molecule has 0 aliphatic carbocycles. The molecule has 0 fully saturated rings. The van der Waals surface area contributed by atoms with Gasteiger partial charge in [-0.05, 0) is 74.7 Å². The lowest BCUT2D eigenvalue weighted by Crippen LogP contribution is -2.09. The number of carbonyl (C=O) groups excluding carboxylic acids is 1. The summed E-state index contributed by atoms with van der Waals surface area (Å²) in [7, 11) is 0. The Kier molecular flexibility index (Phi) is 5.35. The van der Waals surface area contributed by atoms with Crippen LogP contribution in [0.4, 0.5) is 0 Å². The van der Waals surface area contributed by atoms with Crippen molar-refractivity contribution >= 4 is 73.7 Å². The van der Waals surface area contributed by atoms with Crippen molar-refractivity contribution in [2.75, 3.05) is 6.61 Å². The molecule has 1 aromatic carbocycles. The van der Waals surface area contributed by atoms with Gasteiger partial charge >= 0.3 is 5.97 Å². The van der Waals surface area contributed by atoms with Crippen molar-refractivity contribution in [3.63, 3.8) is 0 Å². The topological polar surface area (TPSA) is 66.8 Å². The Hall–Kier alpha value is 0.480. The van der Waals surface area contributed by atoms with Gasteiger partial charge in [-0.3, -0.25) is 0 Å². The highest BCUT2D eigenvalue weighted by molar-refractivity contribution is 14.1. The number of carbonyl (C=O) groups is 1. The van der Waals surface area contributed by atoms with E-state index < -0.39 is 11.7 Å². The van der Waals surface area contributed by atoms with Crippen LogP contribution in [0.15, 0.2) is 0 Å². The quantitative estimate of drug-likeness (QED) is 0.253. The van der Waals surface area contributed by atoms with E-state index in [1.54, 1.807) is 6.92 Å². The number of hydrogen-bond donors (Lipinski definition) is 2. The molecule has 1 rings (SSSR count). The zero-order chi connectivity index (χ0) is 12.5. The van der Waals surface area contributed by atoms with Crippen LogP contribution in [0.2, 0.25) is 0 Å². The largest absolute Gasteiger partial charge is 0.504 e. The molecule has 4 nitrogen and oxygen atoms in total. The smallest absolute Gasteiger partial charge is 0.343 e. The first-order chi connectivity index (χ1) is 7.41. The molecular formula is C9H7I3O4. The molecule has 0 saturated carbocycles. The molecule has 0 amide bonds. The van der Waals surface area contributed by atoms with E-state index in [9.17, 15) is 15.0 Å². The van der Waals surface area contributed by atoms with E-state index in [1.807, 2.05) is 67.8 Å². The van der Waals surface area contributed by atoms with Crippen LogP contribution in [-0.4, -0.2) is 22.8 Å². The number of aromatic hydroxyl groups is 2. The Labute approximate surface area is 133 Å². The molecule has 0 heterocycles. The van der Waals surface area contributed by atoms with Crippen molar-refractivity contribution < 1.29 is 19.7 Å². The number of hydrogen-bond acceptors (Lipinski definition) is 4. The van der Waals surface area contributed by atoms with Gasteiger partial charge in [-0.15, -0.1) is 0 Å². The molecule has 2 N–H and O–H groups in total. The minimum absolute atomic E-state index is 0.0183. The highest BCUT2D eigenvalue weighted by atomic mass is 127. The first kappa shape index (κ1) is 14.5. The van der Waals surface area contributed by atoms with Gasteiger partial charge in [-0.1, -0.05) is 0 Å². The van der Waals surface area contributed by atoms with Crippen LogP contribution in [0.3, 0.4) is 0 Å². The van der Waals surface area contributed by atoms with Crippen molar-refractivity contribution in [2.45, 2.75) is 6.92 Å². The molecule has 1 aromatic rings. The Bertz CT molecular complexity index is 416. The van der Waals surface area contributed by atoms with Gasteiger partial charge in [0.15, 0.2) is 11.5 Å². The minimum atomic E-state index is -0.631. The fourth-order valence-corrected chi connectivity index (χ4v) is 3.34. The predicted molar refractivity (Wildman–Crippen MR) is 83.9 cm³/mol. The van der Waals surface area contributed by atoms with Crippen LogP contribution in [0.5, 0.6) is 11.5 Å². The van der Waals surface area contributed by atoms with E-state index in [-0.39, 0.29) is 17.9 Å². The molecule has 0 atom stereocenters. The van der Waals surface area contributed by atoms with Crippen LogP contribution < -0.4 is 0 Å². The first-order valence-electron chi connectivity index (χ1n) is 4.17. The van der Waals surface area contributed by atoms with Crippen molar-refractivity contribution in [3.8, 4) is 11.5 Å². The fraction of sp³-hybridized carbons (Fsp3) is 0.222. The number of benzene rings is 1. The summed E-state index contributed by atoms with van der Waals surface area (Å²) in [6, 6.07) is 0. The maximum Gasteiger partial charge on any atom is 0.343 e. The van der Waals surface area contributed by atoms with Crippen molar-refractivity contribution in [2.24, 2.45) is 0 Å². The van der Waals surface area contributed by atoms with Crippen LogP contribution in [0.1, 0.15) is 17.3 Å². The summed E-state index contributed by atoms with van der Waals surface area (Å²) < 4.78 is 6.64. The molecule has 0 aromatic heterocycles. The van der Waals surface area contributed by atoms with Gasteiger partial charge in [-0.25, -0.2) is 4.79 Å². The van der Waals surface area contributed by atoms with E-state index in [0.29, 0.717) is 7.14 Å². The summed E-state index contributed by atoms with van der Waals surface area (Å²) in [5, 5.41) is 19.4. The minimum Gasteiger partial charge on any atom is -0.504 e. The summed E-state index contributed by atoms with van der Waals surface area (Å²) in [5.41, 5.74) is 0.0183. The second-order valence-electron chi connectivity index (χ2n) is 2.73. The normalized spacial score (nSPS) is 10.2. The number of phenolic OH excluding ortho intramolecular Hbond substituents is 2. The maximum absolute atomic E-state index is 11.6. The highest BCUT2D eigenvalue weighted by Crippen LogP contribution is 2.40. The van der Waals surface area contributed by atoms with Gasteiger partial charge in [0.2, 0.25) is 0 Å². The number of rotatable bonds is 2. The average molecular weight is 560 g/mol. The van der Waals surface area contributed by atoms with Gasteiger partial charge in [-0.2, -0.15) is 0 Å². The SMILES string of the molecule is CCOC(=O)c1c(O)c(O)c(I)c(I)c1I. The van der Waals surface area contributed by atoms with Crippen LogP contribution in [0.25, 0.3) is 0 Å². The molecule has 0 radical (unpaired) electrons. The van der Waals surface area contributed by atoms with E-state index in [2.05, 4.69) is 0 Å². The lowest BCUT2D eigenvalue weighted by Gasteiger charge is -2.11. The van der Waals surface area contributed by atoms with Gasteiger partial charge in [0.05, 0.1) is 10.2 Å². The number of ether oxygens (including phenoxy) is 1. The van der Waals surface area contributed by atoms with Gasteiger partial charge in [0.25, 0.3) is 0 Å². The second kappa shape index (κ2) is 5.89. The summed E-state index contributed by atoms with van der Waals surface area (Å²) in [6.07, 6.45) is 0. The average Bonchev–Trinajstić information content (AvgIpc) is 2.24. The van der Waals surface area contributed by atoms with Crippen molar-refractivity contribution in [1.29, 1.82) is 0 Å². The number of esters is 1. The summed E-state index contributed by atoms with van der Waals surface area (Å²) in [4.78, 5) is 11.6. The van der Waals surface area contributed by atoms with Crippen LogP contribution >= 0.6 is 67.8 Å². The third-order valence-electron chi connectivity index (χ3n) is 1.75. The lowest BCUT2D eigenvalue weighted by molar-refractivity contribution is 0.0521. The third kappa shape index (κ3) is 2.66. The van der Waals surface area contributed by atoms with E-state index in [0.717, 1.165) is 3.57 Å². The second-order valence-corrected chi connectivity index (χ2v) is 5.97. The van der Waals surface area contributed by atoms with E-state index >= 15 is 0 Å². The lowest BCUT2D eigenvalue weighted by atomic mass is 10.2. The molecule has 0 aliphatic rings. The Morgan fingerprint density at radius 3 is 2.19 bits per heavy atom. The summed E-state index contributed by atoms with van der Waals surface area (Å²) >= 11 is 5.86. The molecule has 0 saturated heterocycles. The standard InChI is InChI=1S/C9H7I3O4/c1-2-16-9(15)3-4(10)5(11)6(12)8(14)7(3)13/h13-14H,2H2,1H3. The predicted octanol–water partition coefficient (Wildman–Crippen LogP) is 3.09. The van der Waals surface area contributed by atoms with E-state index in [4.69, 9.17) is 4.74 Å². The molecule has 0 unspecified atom stereocenters. The van der Waals surface area contributed by atoms with Crippen LogP contribution in [0, 0.1) is 10.7 Å². The molecule has 0 spiro atoms. The number of halogens is 3. The molecule has 16 heavy (non-hydrogen) atoms. The van der Waals surface area contributed by atoms with Gasteiger partial charge in [0.1, 0.15) is 5.56 Å². The summed E-state index contributed by atoms with van der Waals surface area (Å²) in [5.74, 6) is -1.34.